The van der Waals surface area contributed by atoms with Crippen LogP contribution in [0, 0.1) is 0 Å². The molecule has 0 spiro atoms. The first-order valence-corrected chi connectivity index (χ1v) is 19.6. The molecular weight excluding hydrogens is 685 g/mol. The van der Waals surface area contributed by atoms with E-state index in [1.165, 1.54) is 80.7 Å². The normalized spacial score (nSPS) is 11.6. The van der Waals surface area contributed by atoms with Crippen molar-refractivity contribution in [1.29, 1.82) is 0 Å². The molecule has 0 aliphatic carbocycles. The van der Waals surface area contributed by atoms with E-state index in [1.807, 2.05) is 11.3 Å². The van der Waals surface area contributed by atoms with Crippen molar-refractivity contribution in [1.82, 2.24) is 4.57 Å². The van der Waals surface area contributed by atoms with E-state index in [2.05, 4.69) is 216 Å². The molecule has 0 aliphatic rings. The van der Waals surface area contributed by atoms with E-state index >= 15 is 0 Å². The molecule has 11 rings (SSSR count). The molecule has 0 radical (unpaired) electrons. The number of aromatic nitrogens is 1. The lowest BCUT2D eigenvalue weighted by Gasteiger charge is -2.28. The fourth-order valence-electron chi connectivity index (χ4n) is 8.36. The van der Waals surface area contributed by atoms with Crippen molar-refractivity contribution in [2.45, 2.75) is 0 Å². The van der Waals surface area contributed by atoms with Gasteiger partial charge in [0.2, 0.25) is 0 Å². The Bertz CT molecular complexity index is 3210. The van der Waals surface area contributed by atoms with Crippen LogP contribution in [0.4, 0.5) is 17.1 Å². The van der Waals surface area contributed by atoms with E-state index in [1.54, 1.807) is 0 Å². The van der Waals surface area contributed by atoms with Gasteiger partial charge in [0.25, 0.3) is 0 Å². The number of fused-ring (bicyclic) bond motifs is 7. The topological polar surface area (TPSA) is 8.17 Å². The quantitative estimate of drug-likeness (QED) is 0.166. The molecule has 0 fully saturated rings. The Balaban J connectivity index is 1.05. The van der Waals surface area contributed by atoms with Crippen LogP contribution in [-0.4, -0.2) is 4.57 Å². The Morgan fingerprint density at radius 1 is 0.364 bits per heavy atom. The zero-order valence-electron chi connectivity index (χ0n) is 29.9. The van der Waals surface area contributed by atoms with Gasteiger partial charge in [-0.25, -0.2) is 0 Å². The molecule has 2 heterocycles. The van der Waals surface area contributed by atoms with Crippen LogP contribution in [0.25, 0.3) is 80.7 Å². The van der Waals surface area contributed by atoms with Crippen molar-refractivity contribution < 1.29 is 0 Å². The maximum Gasteiger partial charge on any atom is 0.0541 e. The van der Waals surface area contributed by atoms with Gasteiger partial charge in [-0.3, -0.25) is 0 Å². The largest absolute Gasteiger partial charge is 0.310 e. The summed E-state index contributed by atoms with van der Waals surface area (Å²) in [6.07, 6.45) is 0. The predicted octanol–water partition coefficient (Wildman–Crippen LogP) is 15.1. The highest BCUT2D eigenvalue weighted by Gasteiger charge is 2.19. The average molecular weight is 719 g/mol. The fourth-order valence-corrected chi connectivity index (χ4v) is 9.50. The molecule has 0 bridgehead atoms. The summed E-state index contributed by atoms with van der Waals surface area (Å²) < 4.78 is 4.97. The molecule has 0 atom stereocenters. The minimum absolute atomic E-state index is 1.11. The van der Waals surface area contributed by atoms with Crippen molar-refractivity contribution in [3.05, 3.63) is 206 Å². The Hall–Kier alpha value is -6.94. The van der Waals surface area contributed by atoms with Gasteiger partial charge < -0.3 is 9.47 Å². The number of nitrogens with zero attached hydrogens (tertiary/aromatic N) is 2. The highest BCUT2D eigenvalue weighted by molar-refractivity contribution is 7.25. The SMILES string of the molecule is c1ccc(-n2c3ccccc3c3cc(-c4ccc(N(c5ccc6c(c5)sc5ccccc56)c5ccccc5-c5ccc6ccccc6c5)cc4)ccc32)cc1. The summed E-state index contributed by atoms with van der Waals surface area (Å²) in [5, 5.41) is 7.60. The molecule has 258 valence electrons. The second-order valence-corrected chi connectivity index (χ2v) is 15.2. The monoisotopic (exact) mass is 718 g/mol. The fraction of sp³-hybridized carbons (Fsp3) is 0. The minimum Gasteiger partial charge on any atom is -0.310 e. The third-order valence-corrected chi connectivity index (χ3v) is 12.1. The summed E-state index contributed by atoms with van der Waals surface area (Å²) in [6.45, 7) is 0. The number of benzene rings is 9. The molecule has 0 unspecified atom stereocenters. The first kappa shape index (κ1) is 31.6. The number of hydrogen-bond donors (Lipinski definition) is 0. The number of thiophene rings is 1. The summed E-state index contributed by atoms with van der Waals surface area (Å²) in [7, 11) is 0. The number of para-hydroxylation sites is 3. The smallest absolute Gasteiger partial charge is 0.0541 e. The van der Waals surface area contributed by atoms with E-state index in [0.29, 0.717) is 0 Å². The molecule has 55 heavy (non-hydrogen) atoms. The van der Waals surface area contributed by atoms with Gasteiger partial charge in [0.1, 0.15) is 0 Å². The first-order valence-electron chi connectivity index (χ1n) is 18.8. The van der Waals surface area contributed by atoms with E-state index in [4.69, 9.17) is 0 Å². The van der Waals surface area contributed by atoms with Gasteiger partial charge >= 0.3 is 0 Å². The van der Waals surface area contributed by atoms with E-state index in [0.717, 1.165) is 17.1 Å². The van der Waals surface area contributed by atoms with Crippen LogP contribution in [-0.2, 0) is 0 Å². The van der Waals surface area contributed by atoms with Crippen LogP contribution >= 0.6 is 11.3 Å². The van der Waals surface area contributed by atoms with Crippen molar-refractivity contribution in [3.8, 4) is 27.9 Å². The molecule has 0 amide bonds. The third-order valence-electron chi connectivity index (χ3n) is 11.0. The summed E-state index contributed by atoms with van der Waals surface area (Å²) in [4.78, 5) is 2.43. The van der Waals surface area contributed by atoms with Crippen LogP contribution in [0.15, 0.2) is 206 Å². The van der Waals surface area contributed by atoms with Crippen LogP contribution < -0.4 is 4.90 Å². The van der Waals surface area contributed by atoms with Gasteiger partial charge in [0.15, 0.2) is 0 Å². The van der Waals surface area contributed by atoms with Gasteiger partial charge in [-0.05, 0) is 100 Å². The van der Waals surface area contributed by atoms with E-state index in [9.17, 15) is 0 Å². The third kappa shape index (κ3) is 5.32. The van der Waals surface area contributed by atoms with Gasteiger partial charge in [-0.1, -0.05) is 133 Å². The standard InChI is InChI=1S/C52H34N2S/c1-2-14-40(15-3-1)54-49-20-10-7-17-44(49)47-33-38(26-31-50(47)54)36-24-27-41(28-25-36)53(42-29-30-46-45-18-8-11-21-51(45)55-52(46)34-42)48-19-9-6-16-43(48)39-23-22-35-12-4-5-13-37(35)32-39/h1-34H. The first-order chi connectivity index (χ1) is 27.3. The van der Waals surface area contributed by atoms with Crippen molar-refractivity contribution in [2.75, 3.05) is 4.90 Å². The van der Waals surface area contributed by atoms with Crippen LogP contribution in [0.3, 0.4) is 0 Å². The molecule has 11 aromatic rings. The lowest BCUT2D eigenvalue weighted by Crippen LogP contribution is -2.11. The molecule has 9 aromatic carbocycles. The van der Waals surface area contributed by atoms with Gasteiger partial charge in [0, 0.05) is 53.6 Å². The number of rotatable bonds is 6. The maximum atomic E-state index is 2.43. The average Bonchev–Trinajstić information content (AvgIpc) is 3.79. The summed E-state index contributed by atoms with van der Waals surface area (Å²) in [5.74, 6) is 0. The highest BCUT2D eigenvalue weighted by atomic mass is 32.1. The van der Waals surface area contributed by atoms with Crippen molar-refractivity contribution in [3.63, 3.8) is 0 Å². The molecule has 0 saturated heterocycles. The summed E-state index contributed by atoms with van der Waals surface area (Å²) >= 11 is 1.86. The van der Waals surface area contributed by atoms with E-state index < -0.39 is 0 Å². The van der Waals surface area contributed by atoms with Gasteiger partial charge in [-0.15, -0.1) is 11.3 Å². The summed E-state index contributed by atoms with van der Waals surface area (Å²) in [6, 6.07) is 75.2. The molecule has 0 N–H and O–H groups in total. The van der Waals surface area contributed by atoms with Gasteiger partial charge in [-0.2, -0.15) is 0 Å². The number of hydrogen-bond acceptors (Lipinski definition) is 2. The summed E-state index contributed by atoms with van der Waals surface area (Å²) in [5.41, 5.74) is 11.7. The molecule has 0 aliphatic heterocycles. The van der Waals surface area contributed by atoms with Crippen LogP contribution in [0.5, 0.6) is 0 Å². The molecular formula is C52H34N2S. The van der Waals surface area contributed by atoms with Crippen molar-refractivity contribution in [2.24, 2.45) is 0 Å². The van der Waals surface area contributed by atoms with Crippen LogP contribution in [0.2, 0.25) is 0 Å². The Morgan fingerprint density at radius 2 is 1.02 bits per heavy atom. The molecule has 2 nitrogen and oxygen atoms in total. The molecule has 2 aromatic heterocycles. The Labute approximate surface area is 323 Å². The Morgan fingerprint density at radius 3 is 1.91 bits per heavy atom. The minimum atomic E-state index is 1.11. The highest BCUT2D eigenvalue weighted by Crippen LogP contribution is 2.45. The Kier molecular flexibility index (Phi) is 7.39. The zero-order chi connectivity index (χ0) is 36.3. The maximum absolute atomic E-state index is 2.43. The van der Waals surface area contributed by atoms with Crippen LogP contribution in [0.1, 0.15) is 0 Å². The predicted molar refractivity (Wildman–Crippen MR) is 237 cm³/mol. The zero-order valence-corrected chi connectivity index (χ0v) is 30.7. The van der Waals surface area contributed by atoms with Crippen molar-refractivity contribution >= 4 is 81.1 Å². The second-order valence-electron chi connectivity index (χ2n) is 14.2. The lowest BCUT2D eigenvalue weighted by atomic mass is 9.98. The van der Waals surface area contributed by atoms with E-state index in [-0.39, 0.29) is 0 Å². The molecule has 3 heteroatoms. The number of anilines is 3. The second kappa shape index (κ2) is 12.9. The lowest BCUT2D eigenvalue weighted by molar-refractivity contribution is 1.18. The molecule has 0 saturated carbocycles. The van der Waals surface area contributed by atoms with Gasteiger partial charge in [0.05, 0.1) is 16.7 Å².